The Morgan fingerprint density at radius 3 is 2.70 bits per heavy atom. The van der Waals surface area contributed by atoms with Gasteiger partial charge in [-0.1, -0.05) is 0 Å². The molecule has 1 atom stereocenters. The van der Waals surface area contributed by atoms with Gasteiger partial charge in [-0.25, -0.2) is 0 Å². The fraction of sp³-hybridized carbons (Fsp3) is 0.385. The number of hydrogen-bond donors (Lipinski definition) is 1. The lowest BCUT2D eigenvalue weighted by molar-refractivity contribution is -0.137. The van der Waals surface area contributed by atoms with Crippen molar-refractivity contribution in [3.63, 3.8) is 0 Å². The Bertz CT molecular complexity index is 609. The second kappa shape index (κ2) is 4.22. The average molecular weight is 283 g/mol. The van der Waals surface area contributed by atoms with Gasteiger partial charge in [0.15, 0.2) is 0 Å². The highest BCUT2D eigenvalue weighted by Gasteiger charge is 2.40. The van der Waals surface area contributed by atoms with Gasteiger partial charge in [-0.15, -0.1) is 0 Å². The third kappa shape index (κ3) is 1.93. The number of anilines is 2. The molecule has 1 unspecified atom stereocenters. The molecule has 2 aliphatic rings. The Labute approximate surface area is 113 Å². The van der Waals surface area contributed by atoms with E-state index in [4.69, 9.17) is 5.73 Å². The summed E-state index contributed by atoms with van der Waals surface area (Å²) in [6.07, 6.45) is -2.03. The number of hydrogen-bond acceptors (Lipinski definition) is 3. The highest BCUT2D eigenvalue weighted by atomic mass is 19.4. The number of carbonyl (C=O) groups is 1. The number of nitrogens with zero attached hydrogens (tertiary/aromatic N) is 2. The van der Waals surface area contributed by atoms with Crippen LogP contribution in [0.2, 0.25) is 0 Å². The third-order valence-electron chi connectivity index (χ3n) is 3.65. The number of hydrazone groups is 1. The first-order valence-corrected chi connectivity index (χ1v) is 6.26. The second-order valence-electron chi connectivity index (χ2n) is 4.96. The van der Waals surface area contributed by atoms with E-state index >= 15 is 0 Å². The lowest BCUT2D eigenvalue weighted by Crippen LogP contribution is -2.26. The van der Waals surface area contributed by atoms with Gasteiger partial charge >= 0.3 is 6.18 Å². The molecular formula is C13H12F3N3O. The number of halogens is 3. The number of benzene rings is 1. The van der Waals surface area contributed by atoms with E-state index in [2.05, 4.69) is 5.10 Å². The Balaban J connectivity index is 1.96. The largest absolute Gasteiger partial charge is 0.416 e. The first-order chi connectivity index (χ1) is 9.38. The molecule has 4 nitrogen and oxygen atoms in total. The van der Waals surface area contributed by atoms with Crippen molar-refractivity contribution < 1.29 is 18.0 Å². The smallest absolute Gasteiger partial charge is 0.397 e. The number of fused-ring (bicyclic) bond motifs is 1. The predicted molar refractivity (Wildman–Crippen MR) is 68.1 cm³/mol. The SMILES string of the molecule is Nc1cc(C(F)(F)F)ccc1N1N=C2CCCC2C1=O. The first-order valence-electron chi connectivity index (χ1n) is 6.26. The highest BCUT2D eigenvalue weighted by molar-refractivity contribution is 6.17. The number of rotatable bonds is 1. The van der Waals surface area contributed by atoms with E-state index in [9.17, 15) is 18.0 Å². The van der Waals surface area contributed by atoms with Crippen LogP contribution in [0.4, 0.5) is 24.5 Å². The zero-order valence-corrected chi connectivity index (χ0v) is 10.4. The summed E-state index contributed by atoms with van der Waals surface area (Å²) in [6.45, 7) is 0. The van der Waals surface area contributed by atoms with Gasteiger partial charge in [-0.2, -0.15) is 23.3 Å². The Morgan fingerprint density at radius 1 is 1.35 bits per heavy atom. The topological polar surface area (TPSA) is 58.7 Å². The Kier molecular flexibility index (Phi) is 2.74. The van der Waals surface area contributed by atoms with Gasteiger partial charge in [0.25, 0.3) is 5.91 Å². The molecule has 0 aromatic heterocycles. The quantitative estimate of drug-likeness (QED) is 0.806. The lowest BCUT2D eigenvalue weighted by atomic mass is 10.1. The van der Waals surface area contributed by atoms with Crippen molar-refractivity contribution in [2.45, 2.75) is 25.4 Å². The number of nitrogens with two attached hydrogens (primary N) is 1. The highest BCUT2D eigenvalue weighted by Crippen LogP contribution is 2.38. The van der Waals surface area contributed by atoms with Crippen LogP contribution in [-0.2, 0) is 11.0 Å². The van der Waals surface area contributed by atoms with Crippen LogP contribution in [0.3, 0.4) is 0 Å². The molecule has 7 heteroatoms. The second-order valence-corrected chi connectivity index (χ2v) is 4.96. The maximum atomic E-state index is 12.6. The third-order valence-corrected chi connectivity index (χ3v) is 3.65. The van der Waals surface area contributed by atoms with E-state index in [0.717, 1.165) is 42.1 Å². The average Bonchev–Trinajstić information content (AvgIpc) is 2.92. The van der Waals surface area contributed by atoms with Gasteiger partial charge in [0.1, 0.15) is 0 Å². The molecule has 0 spiro atoms. The molecule has 106 valence electrons. The summed E-state index contributed by atoms with van der Waals surface area (Å²) in [5, 5.41) is 5.33. The van der Waals surface area contributed by atoms with Crippen molar-refractivity contribution in [3.8, 4) is 0 Å². The molecule has 1 heterocycles. The summed E-state index contributed by atoms with van der Waals surface area (Å²) >= 11 is 0. The molecule has 20 heavy (non-hydrogen) atoms. The van der Waals surface area contributed by atoms with Gasteiger partial charge < -0.3 is 5.73 Å². The van der Waals surface area contributed by atoms with Crippen LogP contribution in [0.25, 0.3) is 0 Å². The number of alkyl halides is 3. The van der Waals surface area contributed by atoms with Crippen molar-refractivity contribution in [2.75, 3.05) is 10.7 Å². The molecule has 1 fully saturated rings. The van der Waals surface area contributed by atoms with E-state index in [1.54, 1.807) is 0 Å². The minimum absolute atomic E-state index is 0.0995. The van der Waals surface area contributed by atoms with Crippen LogP contribution >= 0.6 is 0 Å². The zero-order chi connectivity index (χ0) is 14.5. The summed E-state index contributed by atoms with van der Waals surface area (Å²) in [5.74, 6) is -0.430. The van der Waals surface area contributed by atoms with Crippen molar-refractivity contribution in [3.05, 3.63) is 23.8 Å². The van der Waals surface area contributed by atoms with E-state index in [1.807, 2.05) is 0 Å². The van der Waals surface area contributed by atoms with Gasteiger partial charge in [0, 0.05) is 0 Å². The minimum Gasteiger partial charge on any atom is -0.397 e. The first kappa shape index (κ1) is 13.0. The molecule has 1 aromatic carbocycles. The predicted octanol–water partition coefficient (Wildman–Crippen LogP) is 2.79. The fourth-order valence-electron chi connectivity index (χ4n) is 2.64. The summed E-state index contributed by atoms with van der Waals surface area (Å²) in [5.41, 5.74) is 5.73. The zero-order valence-electron chi connectivity index (χ0n) is 10.4. The van der Waals surface area contributed by atoms with E-state index in [-0.39, 0.29) is 23.2 Å². The molecule has 2 N–H and O–H groups in total. The molecule has 1 aliphatic carbocycles. The Hall–Kier alpha value is -2.05. The van der Waals surface area contributed by atoms with E-state index < -0.39 is 11.7 Å². The minimum atomic E-state index is -4.45. The molecule has 0 bridgehead atoms. The van der Waals surface area contributed by atoms with Crippen LogP contribution < -0.4 is 10.7 Å². The normalized spacial score (nSPS) is 22.1. The van der Waals surface area contributed by atoms with E-state index in [1.165, 1.54) is 6.07 Å². The van der Waals surface area contributed by atoms with Crippen LogP contribution in [0.15, 0.2) is 23.3 Å². The van der Waals surface area contributed by atoms with Gasteiger partial charge in [0.05, 0.1) is 28.6 Å². The number of amides is 1. The number of nitrogen functional groups attached to an aromatic ring is 1. The molecule has 0 saturated heterocycles. The van der Waals surface area contributed by atoms with Crippen molar-refractivity contribution in [1.82, 2.24) is 0 Å². The molecule has 1 amide bonds. The summed E-state index contributed by atoms with van der Waals surface area (Å²) in [6, 6.07) is 2.94. The Morgan fingerprint density at radius 2 is 2.10 bits per heavy atom. The maximum Gasteiger partial charge on any atom is 0.416 e. The van der Waals surface area contributed by atoms with Crippen LogP contribution in [-0.4, -0.2) is 11.6 Å². The van der Waals surface area contributed by atoms with Gasteiger partial charge in [-0.3, -0.25) is 4.79 Å². The maximum absolute atomic E-state index is 12.6. The van der Waals surface area contributed by atoms with Gasteiger partial charge in [-0.05, 0) is 37.5 Å². The summed E-state index contributed by atoms with van der Waals surface area (Å²) < 4.78 is 37.7. The monoisotopic (exact) mass is 283 g/mol. The molecule has 1 aliphatic heterocycles. The van der Waals surface area contributed by atoms with E-state index in [0.29, 0.717) is 0 Å². The molecule has 0 radical (unpaired) electrons. The van der Waals surface area contributed by atoms with Crippen LogP contribution in [0.1, 0.15) is 24.8 Å². The number of carbonyl (C=O) groups excluding carboxylic acids is 1. The van der Waals surface area contributed by atoms with Crippen LogP contribution in [0, 0.1) is 5.92 Å². The lowest BCUT2D eigenvalue weighted by Gasteiger charge is -2.17. The van der Waals surface area contributed by atoms with Crippen LogP contribution in [0.5, 0.6) is 0 Å². The van der Waals surface area contributed by atoms with Crippen molar-refractivity contribution in [1.29, 1.82) is 0 Å². The fourth-order valence-corrected chi connectivity index (χ4v) is 2.64. The standard InChI is InChI=1S/C13H12F3N3O/c14-13(15,16)7-4-5-11(9(17)6-7)19-12(20)8-2-1-3-10(8)18-19/h4-6,8H,1-3,17H2. The molecule has 1 saturated carbocycles. The molecular weight excluding hydrogens is 271 g/mol. The summed E-state index contributed by atoms with van der Waals surface area (Å²) in [7, 11) is 0. The van der Waals surface area contributed by atoms with Crippen molar-refractivity contribution >= 4 is 23.0 Å². The van der Waals surface area contributed by atoms with Crippen molar-refractivity contribution in [2.24, 2.45) is 11.0 Å². The van der Waals surface area contributed by atoms with Gasteiger partial charge in [0.2, 0.25) is 0 Å². The molecule has 3 rings (SSSR count). The molecule has 1 aromatic rings. The summed E-state index contributed by atoms with van der Waals surface area (Å²) in [4.78, 5) is 12.2.